The van der Waals surface area contributed by atoms with E-state index >= 15 is 0 Å². The Morgan fingerprint density at radius 1 is 0.686 bits per heavy atom. The van der Waals surface area contributed by atoms with Gasteiger partial charge >= 0.3 is 17.9 Å². The number of unbranched alkanes of at least 4 members (excludes halogenated alkanes) is 9. The number of hydrogen-bond acceptors (Lipinski definition) is 6. The molecule has 0 amide bonds. The molecule has 0 aromatic carbocycles. The maximum absolute atomic E-state index is 12.1. The van der Waals surface area contributed by atoms with Gasteiger partial charge in [-0.3, -0.25) is 4.79 Å². The molecule has 0 aromatic rings. The number of ether oxygens (including phenoxy) is 3. The van der Waals surface area contributed by atoms with Crippen LogP contribution >= 0.6 is 0 Å². The van der Waals surface area contributed by atoms with Crippen molar-refractivity contribution in [3.8, 4) is 0 Å². The standard InChI is InChI=1S/C29H48O6/c1-6-9-10-11-12-13-14-15-16-17-18-19-20-21-27(30)33-22-26(35-29(32)25(5)8-3)23-34-28(31)24(4)7-2/h7-8,13-14,26H,6,9-12,15-23H2,1-5H3/b14-13-,24-7+,25-8+/t26-/m0/s1. The van der Waals surface area contributed by atoms with Gasteiger partial charge in [0.25, 0.3) is 0 Å². The van der Waals surface area contributed by atoms with E-state index in [9.17, 15) is 14.4 Å². The minimum Gasteiger partial charge on any atom is -0.462 e. The first-order chi connectivity index (χ1) is 16.8. The van der Waals surface area contributed by atoms with Gasteiger partial charge in [0, 0.05) is 17.6 Å². The third-order valence-electron chi connectivity index (χ3n) is 5.76. The third kappa shape index (κ3) is 18.6. The number of carbonyl (C=O) groups is 3. The van der Waals surface area contributed by atoms with Crippen LogP contribution in [0.5, 0.6) is 0 Å². The Morgan fingerprint density at radius 3 is 1.80 bits per heavy atom. The molecule has 6 nitrogen and oxygen atoms in total. The number of carbonyl (C=O) groups excluding carboxylic acids is 3. The van der Waals surface area contributed by atoms with Crippen LogP contribution in [0.4, 0.5) is 0 Å². The molecule has 35 heavy (non-hydrogen) atoms. The highest BCUT2D eigenvalue weighted by atomic mass is 16.6. The predicted molar refractivity (Wildman–Crippen MR) is 141 cm³/mol. The van der Waals surface area contributed by atoms with Crippen molar-refractivity contribution in [1.82, 2.24) is 0 Å². The molecule has 200 valence electrons. The normalized spacial score (nSPS) is 13.1. The summed E-state index contributed by atoms with van der Waals surface area (Å²) in [5.74, 6) is -1.36. The number of esters is 3. The Kier molecular flexibility index (Phi) is 20.6. The van der Waals surface area contributed by atoms with Crippen molar-refractivity contribution in [1.29, 1.82) is 0 Å². The van der Waals surface area contributed by atoms with Crippen LogP contribution in [0.25, 0.3) is 0 Å². The van der Waals surface area contributed by atoms with Gasteiger partial charge in [0.15, 0.2) is 6.10 Å². The first-order valence-electron chi connectivity index (χ1n) is 13.3. The van der Waals surface area contributed by atoms with Gasteiger partial charge in [-0.2, -0.15) is 0 Å². The van der Waals surface area contributed by atoms with Gasteiger partial charge in [-0.1, -0.05) is 69.8 Å². The molecular weight excluding hydrogens is 444 g/mol. The molecule has 0 aromatic heterocycles. The van der Waals surface area contributed by atoms with Gasteiger partial charge in [-0.15, -0.1) is 0 Å². The van der Waals surface area contributed by atoms with Gasteiger partial charge in [-0.25, -0.2) is 9.59 Å². The van der Waals surface area contributed by atoms with Crippen LogP contribution in [0.2, 0.25) is 0 Å². The van der Waals surface area contributed by atoms with Crippen LogP contribution in [0, 0.1) is 0 Å². The molecule has 0 spiro atoms. The molecule has 0 saturated carbocycles. The van der Waals surface area contributed by atoms with Gasteiger partial charge in [-0.05, 0) is 59.8 Å². The average molecular weight is 493 g/mol. The first-order valence-corrected chi connectivity index (χ1v) is 13.3. The summed E-state index contributed by atoms with van der Waals surface area (Å²) in [5.41, 5.74) is 0.884. The van der Waals surface area contributed by atoms with E-state index in [1.54, 1.807) is 39.8 Å². The molecule has 6 heteroatoms. The molecule has 0 fully saturated rings. The van der Waals surface area contributed by atoms with E-state index < -0.39 is 18.0 Å². The van der Waals surface area contributed by atoms with Gasteiger partial charge in [0.1, 0.15) is 13.2 Å². The highest BCUT2D eigenvalue weighted by molar-refractivity contribution is 5.88. The summed E-state index contributed by atoms with van der Waals surface area (Å²) in [7, 11) is 0. The molecule has 0 saturated heterocycles. The Balaban J connectivity index is 4.14. The Hall–Kier alpha value is -2.37. The third-order valence-corrected chi connectivity index (χ3v) is 5.76. The van der Waals surface area contributed by atoms with Crippen molar-refractivity contribution in [2.45, 2.75) is 118 Å². The maximum atomic E-state index is 12.1. The topological polar surface area (TPSA) is 78.9 Å². The summed E-state index contributed by atoms with van der Waals surface area (Å²) in [6, 6.07) is 0. The van der Waals surface area contributed by atoms with Gasteiger partial charge in [0.05, 0.1) is 0 Å². The van der Waals surface area contributed by atoms with Gasteiger partial charge < -0.3 is 14.2 Å². The Bertz CT molecular complexity index is 689. The number of allylic oxidation sites excluding steroid dienone is 4. The zero-order valence-electron chi connectivity index (χ0n) is 22.7. The van der Waals surface area contributed by atoms with Crippen LogP contribution in [0.3, 0.4) is 0 Å². The fraction of sp³-hybridized carbons (Fsp3) is 0.690. The fourth-order valence-corrected chi connectivity index (χ4v) is 3.12. The zero-order chi connectivity index (χ0) is 26.3. The maximum Gasteiger partial charge on any atom is 0.333 e. The van der Waals surface area contributed by atoms with E-state index in [-0.39, 0.29) is 19.2 Å². The van der Waals surface area contributed by atoms with Crippen molar-refractivity contribution >= 4 is 17.9 Å². The summed E-state index contributed by atoms with van der Waals surface area (Å²) in [6.45, 7) is 8.65. The lowest BCUT2D eigenvalue weighted by Crippen LogP contribution is -2.31. The van der Waals surface area contributed by atoms with Gasteiger partial charge in [0.2, 0.25) is 0 Å². The Morgan fingerprint density at radius 2 is 1.20 bits per heavy atom. The van der Waals surface area contributed by atoms with E-state index in [4.69, 9.17) is 14.2 Å². The lowest BCUT2D eigenvalue weighted by molar-refractivity contribution is -0.163. The quantitative estimate of drug-likeness (QED) is 0.0589. The summed E-state index contributed by atoms with van der Waals surface area (Å²) >= 11 is 0. The van der Waals surface area contributed by atoms with E-state index in [0.29, 0.717) is 17.6 Å². The minimum atomic E-state index is -0.852. The molecular formula is C29H48O6. The molecule has 0 radical (unpaired) electrons. The molecule has 1 atom stereocenters. The lowest BCUT2D eigenvalue weighted by Gasteiger charge is -2.18. The van der Waals surface area contributed by atoms with Crippen LogP contribution in [-0.4, -0.2) is 37.2 Å². The number of hydrogen-bond donors (Lipinski definition) is 0. The van der Waals surface area contributed by atoms with Crippen LogP contribution in [0.15, 0.2) is 35.5 Å². The molecule has 0 bridgehead atoms. The Labute approximate surface area is 213 Å². The zero-order valence-corrected chi connectivity index (χ0v) is 22.7. The molecule has 0 aliphatic rings. The molecule has 0 unspecified atom stereocenters. The van der Waals surface area contributed by atoms with Crippen molar-refractivity contribution < 1.29 is 28.6 Å². The second kappa shape index (κ2) is 22.1. The second-order valence-corrected chi connectivity index (χ2v) is 8.88. The smallest absolute Gasteiger partial charge is 0.333 e. The molecule has 0 aliphatic carbocycles. The van der Waals surface area contributed by atoms with Crippen LogP contribution in [0.1, 0.15) is 112 Å². The van der Waals surface area contributed by atoms with Crippen molar-refractivity contribution in [3.05, 3.63) is 35.5 Å². The van der Waals surface area contributed by atoms with Crippen molar-refractivity contribution in [2.75, 3.05) is 13.2 Å². The molecule has 0 N–H and O–H groups in total. The molecule has 0 heterocycles. The lowest BCUT2D eigenvalue weighted by atomic mass is 10.1. The minimum absolute atomic E-state index is 0.144. The van der Waals surface area contributed by atoms with E-state index in [1.807, 2.05) is 0 Å². The predicted octanol–water partition coefficient (Wildman–Crippen LogP) is 7.17. The molecule has 0 aliphatic heterocycles. The SMILES string of the molecule is C/C=C(\C)C(=O)OC[C@H](COC(=O)CCCCCCC/C=C\CCCCCC)OC(=O)/C(C)=C/C. The summed E-state index contributed by atoms with van der Waals surface area (Å²) in [5, 5.41) is 0. The van der Waals surface area contributed by atoms with Crippen molar-refractivity contribution in [2.24, 2.45) is 0 Å². The molecule has 0 rings (SSSR count). The van der Waals surface area contributed by atoms with Crippen LogP contribution < -0.4 is 0 Å². The highest BCUT2D eigenvalue weighted by Gasteiger charge is 2.20. The summed E-state index contributed by atoms with van der Waals surface area (Å²) in [6.07, 6.45) is 20.1. The summed E-state index contributed by atoms with van der Waals surface area (Å²) < 4.78 is 15.8. The average Bonchev–Trinajstić information content (AvgIpc) is 2.86. The van der Waals surface area contributed by atoms with E-state index in [1.165, 1.54) is 38.5 Å². The largest absolute Gasteiger partial charge is 0.462 e. The highest BCUT2D eigenvalue weighted by Crippen LogP contribution is 2.10. The van der Waals surface area contributed by atoms with E-state index in [0.717, 1.165) is 32.1 Å². The van der Waals surface area contributed by atoms with Crippen LogP contribution in [-0.2, 0) is 28.6 Å². The number of rotatable bonds is 20. The monoisotopic (exact) mass is 492 g/mol. The summed E-state index contributed by atoms with van der Waals surface area (Å²) in [4.78, 5) is 36.1. The second-order valence-electron chi connectivity index (χ2n) is 8.88. The van der Waals surface area contributed by atoms with E-state index in [2.05, 4.69) is 19.1 Å². The van der Waals surface area contributed by atoms with Crippen molar-refractivity contribution in [3.63, 3.8) is 0 Å². The first kappa shape index (κ1) is 32.6. The fourth-order valence-electron chi connectivity index (χ4n) is 3.12.